The molecule has 2 heteroatoms. The molecule has 19 heavy (non-hydrogen) atoms. The van der Waals surface area contributed by atoms with Crippen molar-refractivity contribution in [2.24, 2.45) is 23.2 Å². The van der Waals surface area contributed by atoms with Gasteiger partial charge in [-0.05, 0) is 42.7 Å². The number of allylic oxidation sites excluding steroid dienone is 2. The Morgan fingerprint density at radius 1 is 1.26 bits per heavy atom. The highest BCUT2D eigenvalue weighted by atomic mass is 32.2. The van der Waals surface area contributed by atoms with E-state index in [2.05, 4.69) is 26.8 Å². The Hall–Kier alpha value is -1.02. The number of carbonyl (C=O) groups is 1. The molecule has 0 radical (unpaired) electrons. The zero-order chi connectivity index (χ0) is 13.6. The SMILES string of the molecule is CC1=CC(C(=O)Sc2ccccc2)C2CC1C2(C)C. The van der Waals surface area contributed by atoms with E-state index < -0.39 is 0 Å². The predicted octanol–water partition coefficient (Wildman–Crippen LogP) is 4.54. The van der Waals surface area contributed by atoms with Crippen LogP contribution in [0.1, 0.15) is 27.2 Å². The van der Waals surface area contributed by atoms with E-state index in [0.717, 1.165) is 4.90 Å². The number of fused-ring (bicyclic) bond motifs is 1. The normalized spacial score (nSPS) is 31.3. The van der Waals surface area contributed by atoms with Crippen LogP contribution in [-0.4, -0.2) is 5.12 Å². The Balaban J connectivity index is 1.80. The predicted molar refractivity (Wildman–Crippen MR) is 79.9 cm³/mol. The Bertz CT molecular complexity index is 529. The molecule has 0 aliphatic heterocycles. The van der Waals surface area contributed by atoms with Crippen LogP contribution in [0.2, 0.25) is 0 Å². The molecule has 0 saturated heterocycles. The molecule has 0 amide bonds. The summed E-state index contributed by atoms with van der Waals surface area (Å²) >= 11 is 1.40. The van der Waals surface area contributed by atoms with E-state index in [1.165, 1.54) is 23.8 Å². The zero-order valence-corrected chi connectivity index (χ0v) is 12.5. The molecular weight excluding hydrogens is 252 g/mol. The van der Waals surface area contributed by atoms with E-state index in [4.69, 9.17) is 0 Å². The van der Waals surface area contributed by atoms with Crippen molar-refractivity contribution in [3.63, 3.8) is 0 Å². The maximum atomic E-state index is 12.6. The van der Waals surface area contributed by atoms with Crippen LogP contribution >= 0.6 is 11.8 Å². The van der Waals surface area contributed by atoms with E-state index in [0.29, 0.717) is 22.4 Å². The van der Waals surface area contributed by atoms with Crippen LogP contribution in [-0.2, 0) is 4.79 Å². The van der Waals surface area contributed by atoms with Gasteiger partial charge in [-0.1, -0.05) is 55.5 Å². The minimum Gasteiger partial charge on any atom is -0.286 e. The lowest BCUT2D eigenvalue weighted by Gasteiger charge is -2.58. The fourth-order valence-electron chi connectivity index (χ4n) is 3.76. The van der Waals surface area contributed by atoms with Crippen molar-refractivity contribution >= 4 is 16.9 Å². The molecule has 1 aromatic carbocycles. The lowest BCUT2D eigenvalue weighted by Crippen LogP contribution is -2.53. The molecule has 3 atom stereocenters. The highest BCUT2D eigenvalue weighted by Gasteiger charge is 2.55. The van der Waals surface area contributed by atoms with Crippen LogP contribution in [0, 0.1) is 23.2 Å². The summed E-state index contributed by atoms with van der Waals surface area (Å²) < 4.78 is 0. The van der Waals surface area contributed by atoms with Gasteiger partial charge in [0.2, 0.25) is 5.12 Å². The van der Waals surface area contributed by atoms with Crippen LogP contribution in [0.15, 0.2) is 46.9 Å². The lowest BCUT2D eigenvalue weighted by molar-refractivity contribution is -0.122. The second-order valence-electron chi connectivity index (χ2n) is 6.39. The summed E-state index contributed by atoms with van der Waals surface area (Å²) in [6.07, 6.45) is 3.42. The van der Waals surface area contributed by atoms with Gasteiger partial charge < -0.3 is 0 Å². The van der Waals surface area contributed by atoms with Crippen molar-refractivity contribution < 1.29 is 4.79 Å². The maximum Gasteiger partial charge on any atom is 0.200 e. The monoisotopic (exact) mass is 272 g/mol. The second-order valence-corrected chi connectivity index (χ2v) is 7.46. The summed E-state index contributed by atoms with van der Waals surface area (Å²) in [7, 11) is 0. The first-order valence-electron chi connectivity index (χ1n) is 6.95. The largest absolute Gasteiger partial charge is 0.286 e. The molecule has 4 rings (SSSR count). The first-order valence-corrected chi connectivity index (χ1v) is 7.77. The van der Waals surface area contributed by atoms with Gasteiger partial charge in [-0.3, -0.25) is 4.79 Å². The van der Waals surface area contributed by atoms with Crippen molar-refractivity contribution in [3.05, 3.63) is 42.0 Å². The van der Waals surface area contributed by atoms with Gasteiger partial charge in [0, 0.05) is 4.90 Å². The van der Waals surface area contributed by atoms with Crippen LogP contribution in [0.3, 0.4) is 0 Å². The Morgan fingerprint density at radius 3 is 2.53 bits per heavy atom. The van der Waals surface area contributed by atoms with Crippen molar-refractivity contribution in [1.82, 2.24) is 0 Å². The van der Waals surface area contributed by atoms with Gasteiger partial charge in [-0.15, -0.1) is 0 Å². The third-order valence-electron chi connectivity index (χ3n) is 5.00. The first kappa shape index (κ1) is 13.0. The smallest absolute Gasteiger partial charge is 0.200 e. The third-order valence-corrected chi connectivity index (χ3v) is 5.98. The molecular formula is C17H20OS. The van der Waals surface area contributed by atoms with E-state index in [9.17, 15) is 4.79 Å². The molecule has 3 aliphatic rings. The van der Waals surface area contributed by atoms with Gasteiger partial charge in [0.05, 0.1) is 5.92 Å². The Kier molecular flexibility index (Phi) is 3.09. The zero-order valence-electron chi connectivity index (χ0n) is 11.7. The fourth-order valence-corrected chi connectivity index (χ4v) is 4.66. The molecule has 100 valence electrons. The molecule has 1 saturated carbocycles. The average molecular weight is 272 g/mol. The highest BCUT2D eigenvalue weighted by molar-refractivity contribution is 8.13. The molecule has 0 N–H and O–H groups in total. The number of thioether (sulfide) groups is 1. The minimum absolute atomic E-state index is 0.102. The summed E-state index contributed by atoms with van der Waals surface area (Å²) in [5.41, 5.74) is 1.72. The molecule has 3 unspecified atom stereocenters. The van der Waals surface area contributed by atoms with Crippen LogP contribution in [0.25, 0.3) is 0 Å². The number of carbonyl (C=O) groups excluding carboxylic acids is 1. The van der Waals surface area contributed by atoms with Crippen molar-refractivity contribution in [1.29, 1.82) is 0 Å². The van der Waals surface area contributed by atoms with Gasteiger partial charge in [0.25, 0.3) is 0 Å². The summed E-state index contributed by atoms with van der Waals surface area (Å²) in [4.78, 5) is 13.6. The van der Waals surface area contributed by atoms with Crippen molar-refractivity contribution in [3.8, 4) is 0 Å². The molecule has 1 fully saturated rings. The summed E-state index contributed by atoms with van der Waals surface area (Å²) in [6, 6.07) is 9.98. The van der Waals surface area contributed by atoms with Crippen LogP contribution < -0.4 is 0 Å². The third kappa shape index (κ3) is 2.06. The lowest BCUT2D eigenvalue weighted by atomic mass is 9.46. The fraction of sp³-hybridized carbons (Fsp3) is 0.471. The molecule has 2 bridgehead atoms. The second kappa shape index (κ2) is 4.52. The number of benzene rings is 1. The molecule has 1 nitrogen and oxygen atoms in total. The summed E-state index contributed by atoms with van der Waals surface area (Å²) in [6.45, 7) is 6.82. The van der Waals surface area contributed by atoms with Gasteiger partial charge >= 0.3 is 0 Å². The standard InChI is InChI=1S/C17H20OS/c1-11-9-13(15-10-14(11)17(15,2)3)16(18)19-12-7-5-4-6-8-12/h4-9,13-15H,10H2,1-3H3. The Morgan fingerprint density at radius 2 is 1.95 bits per heavy atom. The van der Waals surface area contributed by atoms with E-state index in [1.54, 1.807) is 0 Å². The average Bonchev–Trinajstić information content (AvgIpc) is 2.38. The van der Waals surface area contributed by atoms with E-state index in [1.807, 2.05) is 30.3 Å². The number of hydrogen-bond acceptors (Lipinski definition) is 2. The first-order chi connectivity index (χ1) is 9.00. The topological polar surface area (TPSA) is 17.1 Å². The quantitative estimate of drug-likeness (QED) is 0.580. The van der Waals surface area contributed by atoms with Gasteiger partial charge in [-0.25, -0.2) is 0 Å². The van der Waals surface area contributed by atoms with E-state index >= 15 is 0 Å². The Labute approximate surface area is 119 Å². The van der Waals surface area contributed by atoms with Gasteiger partial charge in [-0.2, -0.15) is 0 Å². The van der Waals surface area contributed by atoms with Crippen LogP contribution in [0.4, 0.5) is 0 Å². The minimum atomic E-state index is 0.102. The molecule has 0 spiro atoms. The van der Waals surface area contributed by atoms with Gasteiger partial charge in [0.1, 0.15) is 0 Å². The van der Waals surface area contributed by atoms with Crippen molar-refractivity contribution in [2.75, 3.05) is 0 Å². The van der Waals surface area contributed by atoms with E-state index in [-0.39, 0.29) is 5.92 Å². The summed E-state index contributed by atoms with van der Waals surface area (Å²) in [5, 5.41) is 0.307. The molecule has 1 aromatic rings. The van der Waals surface area contributed by atoms with Gasteiger partial charge in [0.15, 0.2) is 0 Å². The van der Waals surface area contributed by atoms with Crippen molar-refractivity contribution in [2.45, 2.75) is 32.1 Å². The molecule has 3 aliphatic carbocycles. The number of hydrogen-bond donors (Lipinski definition) is 0. The number of rotatable bonds is 2. The van der Waals surface area contributed by atoms with Crippen LogP contribution in [0.5, 0.6) is 0 Å². The maximum absolute atomic E-state index is 12.6. The summed E-state index contributed by atoms with van der Waals surface area (Å²) in [5.74, 6) is 1.33. The highest BCUT2D eigenvalue weighted by Crippen LogP contribution is 2.61. The molecule has 0 heterocycles. The molecule has 0 aromatic heterocycles.